The Morgan fingerprint density at radius 3 is 2.44 bits per heavy atom. The monoisotopic (exact) mass is 385 g/mol. The predicted octanol–water partition coefficient (Wildman–Crippen LogP) is 4.94. The van der Waals surface area contributed by atoms with E-state index >= 15 is 0 Å². The maximum absolute atomic E-state index is 12.6. The zero-order chi connectivity index (χ0) is 19.8. The van der Waals surface area contributed by atoms with Crippen LogP contribution in [0.25, 0.3) is 6.08 Å². The van der Waals surface area contributed by atoms with Gasteiger partial charge >= 0.3 is 0 Å². The fraction of sp³-hybridized carbons (Fsp3) is 0.238. The highest BCUT2D eigenvalue weighted by Crippen LogP contribution is 2.37. The number of methoxy groups -OCH3 is 2. The number of ether oxygens (including phenoxy) is 3. The Labute approximate surface area is 163 Å². The summed E-state index contributed by atoms with van der Waals surface area (Å²) in [4.78, 5) is 12.6. The van der Waals surface area contributed by atoms with Crippen LogP contribution in [-0.2, 0) is 0 Å². The molecular formula is C21H20ClNO4. The number of carbonyl (C=O) groups is 1. The zero-order valence-corrected chi connectivity index (χ0v) is 16.2. The van der Waals surface area contributed by atoms with Crippen LogP contribution in [0.5, 0.6) is 17.2 Å². The van der Waals surface area contributed by atoms with Crippen LogP contribution in [0.1, 0.15) is 29.3 Å². The molecule has 0 spiro atoms. The van der Waals surface area contributed by atoms with Crippen LogP contribution in [0.4, 0.5) is 0 Å². The van der Waals surface area contributed by atoms with Crippen LogP contribution in [0.15, 0.2) is 42.0 Å². The first-order valence-corrected chi connectivity index (χ1v) is 8.72. The van der Waals surface area contributed by atoms with Crippen molar-refractivity contribution in [2.45, 2.75) is 13.3 Å². The van der Waals surface area contributed by atoms with E-state index in [4.69, 9.17) is 25.8 Å². The number of hydrogen-bond donors (Lipinski definition) is 0. The molecular weight excluding hydrogens is 366 g/mol. The SMILES string of the molecule is CCCOc1c(Cl)cc(C=C(C#N)C(=O)c2ccc(OC)cc2)cc1OC. The largest absolute Gasteiger partial charge is 0.497 e. The molecule has 6 heteroatoms. The summed E-state index contributed by atoms with van der Waals surface area (Å²) in [5.74, 6) is 1.13. The summed E-state index contributed by atoms with van der Waals surface area (Å²) in [6, 6.07) is 11.8. The fourth-order valence-corrected chi connectivity index (χ4v) is 2.65. The van der Waals surface area contributed by atoms with Crippen molar-refractivity contribution < 1.29 is 19.0 Å². The summed E-state index contributed by atoms with van der Waals surface area (Å²) < 4.78 is 16.0. The van der Waals surface area contributed by atoms with E-state index in [9.17, 15) is 10.1 Å². The van der Waals surface area contributed by atoms with Crippen molar-refractivity contribution in [3.8, 4) is 23.3 Å². The van der Waals surface area contributed by atoms with Crippen molar-refractivity contribution >= 4 is 23.5 Å². The second-order valence-electron chi connectivity index (χ2n) is 5.61. The lowest BCUT2D eigenvalue weighted by Gasteiger charge is -2.13. The topological polar surface area (TPSA) is 68.5 Å². The molecule has 0 unspecified atom stereocenters. The fourth-order valence-electron chi connectivity index (χ4n) is 2.38. The van der Waals surface area contributed by atoms with Gasteiger partial charge in [-0.3, -0.25) is 4.79 Å². The van der Waals surface area contributed by atoms with Gasteiger partial charge in [-0.2, -0.15) is 5.26 Å². The molecule has 2 aromatic carbocycles. The minimum absolute atomic E-state index is 0.0134. The number of benzene rings is 2. The molecule has 0 radical (unpaired) electrons. The van der Waals surface area contributed by atoms with Crippen LogP contribution in [-0.4, -0.2) is 26.6 Å². The number of carbonyl (C=O) groups excluding carboxylic acids is 1. The van der Waals surface area contributed by atoms with Gasteiger partial charge in [-0.1, -0.05) is 18.5 Å². The third-order valence-electron chi connectivity index (χ3n) is 3.73. The van der Waals surface area contributed by atoms with Gasteiger partial charge in [-0.15, -0.1) is 0 Å². The zero-order valence-electron chi connectivity index (χ0n) is 15.4. The minimum Gasteiger partial charge on any atom is -0.497 e. The van der Waals surface area contributed by atoms with Gasteiger partial charge in [0.15, 0.2) is 11.5 Å². The highest BCUT2D eigenvalue weighted by atomic mass is 35.5. The Kier molecular flexibility index (Phi) is 7.27. The molecule has 0 saturated carbocycles. The van der Waals surface area contributed by atoms with E-state index in [2.05, 4.69) is 0 Å². The molecule has 0 aliphatic rings. The van der Waals surface area contributed by atoms with Gasteiger partial charge in [0, 0.05) is 5.56 Å². The number of allylic oxidation sites excluding steroid dienone is 1. The molecule has 0 heterocycles. The number of nitriles is 1. The van der Waals surface area contributed by atoms with Gasteiger partial charge in [0.25, 0.3) is 0 Å². The maximum atomic E-state index is 12.6. The van der Waals surface area contributed by atoms with Crippen LogP contribution < -0.4 is 14.2 Å². The molecule has 0 bridgehead atoms. The third-order valence-corrected chi connectivity index (χ3v) is 4.01. The van der Waals surface area contributed by atoms with E-state index in [0.717, 1.165) is 6.42 Å². The van der Waals surface area contributed by atoms with Gasteiger partial charge in [-0.05, 0) is 54.5 Å². The molecule has 0 atom stereocenters. The molecule has 0 amide bonds. The molecule has 140 valence electrons. The van der Waals surface area contributed by atoms with E-state index in [1.165, 1.54) is 13.2 Å². The predicted molar refractivity (Wildman–Crippen MR) is 105 cm³/mol. The molecule has 0 N–H and O–H groups in total. The second-order valence-corrected chi connectivity index (χ2v) is 6.02. The van der Waals surface area contributed by atoms with E-state index in [1.54, 1.807) is 43.5 Å². The van der Waals surface area contributed by atoms with Crippen LogP contribution in [0.2, 0.25) is 5.02 Å². The molecule has 0 fully saturated rings. The lowest BCUT2D eigenvalue weighted by atomic mass is 10.0. The van der Waals surface area contributed by atoms with E-state index in [1.807, 2.05) is 13.0 Å². The number of hydrogen-bond acceptors (Lipinski definition) is 5. The Hall–Kier alpha value is -2.97. The molecule has 5 nitrogen and oxygen atoms in total. The average Bonchev–Trinajstić information content (AvgIpc) is 2.70. The van der Waals surface area contributed by atoms with Crippen molar-refractivity contribution in [2.24, 2.45) is 0 Å². The first-order chi connectivity index (χ1) is 13.0. The Bertz CT molecular complexity index is 882. The van der Waals surface area contributed by atoms with Crippen LogP contribution in [0.3, 0.4) is 0 Å². The lowest BCUT2D eigenvalue weighted by molar-refractivity contribution is 0.104. The molecule has 2 rings (SSSR count). The first kappa shape index (κ1) is 20.3. The number of halogens is 1. The normalized spacial score (nSPS) is 10.9. The number of ketones is 1. The highest BCUT2D eigenvalue weighted by molar-refractivity contribution is 6.32. The van der Waals surface area contributed by atoms with E-state index < -0.39 is 0 Å². The van der Waals surface area contributed by atoms with Crippen LogP contribution >= 0.6 is 11.6 Å². The smallest absolute Gasteiger partial charge is 0.203 e. The molecule has 0 aromatic heterocycles. The number of nitrogens with zero attached hydrogens (tertiary/aromatic N) is 1. The summed E-state index contributed by atoms with van der Waals surface area (Å²) in [7, 11) is 3.05. The van der Waals surface area contributed by atoms with Gasteiger partial charge in [-0.25, -0.2) is 0 Å². The van der Waals surface area contributed by atoms with Crippen molar-refractivity contribution in [1.29, 1.82) is 5.26 Å². The summed E-state index contributed by atoms with van der Waals surface area (Å²) in [6.45, 7) is 2.49. The summed E-state index contributed by atoms with van der Waals surface area (Å²) in [5.41, 5.74) is 0.948. The quantitative estimate of drug-likeness (QED) is 0.366. The standard InChI is InChI=1S/C21H20ClNO4/c1-4-9-27-21-18(22)11-14(12-19(21)26-3)10-16(13-23)20(24)15-5-7-17(25-2)8-6-15/h5-8,10-12H,4,9H2,1-3H3. The van der Waals surface area contributed by atoms with E-state index in [0.29, 0.717) is 40.0 Å². The second kappa shape index (κ2) is 9.65. The van der Waals surface area contributed by atoms with Gasteiger partial charge in [0.1, 0.15) is 17.4 Å². The maximum Gasteiger partial charge on any atom is 0.203 e. The Morgan fingerprint density at radius 1 is 1.19 bits per heavy atom. The number of Topliss-reactive ketones (excluding diaryl/α,β-unsaturated/α-hetero) is 1. The molecule has 2 aromatic rings. The lowest BCUT2D eigenvalue weighted by Crippen LogP contribution is -2.02. The molecule has 0 aliphatic heterocycles. The average molecular weight is 386 g/mol. The summed E-state index contributed by atoms with van der Waals surface area (Å²) >= 11 is 6.29. The first-order valence-electron chi connectivity index (χ1n) is 8.34. The third kappa shape index (κ3) is 5.02. The molecule has 0 saturated heterocycles. The van der Waals surface area contributed by atoms with Gasteiger partial charge < -0.3 is 14.2 Å². The van der Waals surface area contributed by atoms with Crippen molar-refractivity contribution in [2.75, 3.05) is 20.8 Å². The van der Waals surface area contributed by atoms with Gasteiger partial charge in [0.2, 0.25) is 5.78 Å². The number of rotatable bonds is 8. The van der Waals surface area contributed by atoms with Gasteiger partial charge in [0.05, 0.1) is 25.8 Å². The minimum atomic E-state index is -0.387. The van der Waals surface area contributed by atoms with Crippen molar-refractivity contribution in [3.05, 3.63) is 58.1 Å². The Morgan fingerprint density at radius 2 is 1.89 bits per heavy atom. The van der Waals surface area contributed by atoms with Crippen molar-refractivity contribution in [3.63, 3.8) is 0 Å². The molecule has 0 aliphatic carbocycles. The Balaban J connectivity index is 2.37. The van der Waals surface area contributed by atoms with Crippen molar-refractivity contribution in [1.82, 2.24) is 0 Å². The van der Waals surface area contributed by atoms with Crippen LogP contribution in [0, 0.1) is 11.3 Å². The summed E-state index contributed by atoms with van der Waals surface area (Å²) in [6.07, 6.45) is 2.31. The highest BCUT2D eigenvalue weighted by Gasteiger charge is 2.15. The molecule has 27 heavy (non-hydrogen) atoms. The van der Waals surface area contributed by atoms with E-state index in [-0.39, 0.29) is 11.4 Å². The summed E-state index contributed by atoms with van der Waals surface area (Å²) in [5, 5.41) is 9.78.